The van der Waals surface area contributed by atoms with Crippen molar-refractivity contribution in [2.24, 2.45) is 5.73 Å². The molecule has 0 radical (unpaired) electrons. The van der Waals surface area contributed by atoms with Crippen LogP contribution in [-0.4, -0.2) is 39.4 Å². The fraction of sp³-hybridized carbons (Fsp3) is 0.381. The maximum absolute atomic E-state index is 13.1. The van der Waals surface area contributed by atoms with Crippen LogP contribution in [0, 0.1) is 11.3 Å². The van der Waals surface area contributed by atoms with Gasteiger partial charge in [-0.3, -0.25) is 9.36 Å². The molecule has 0 unspecified atom stereocenters. The molecule has 0 aliphatic carbocycles. The highest BCUT2D eigenvalue weighted by atomic mass is 35.5. The molecule has 1 aliphatic heterocycles. The van der Waals surface area contributed by atoms with Crippen molar-refractivity contribution in [3.05, 3.63) is 58.1 Å². The molecule has 1 aromatic carbocycles. The molecule has 1 fully saturated rings. The van der Waals surface area contributed by atoms with Gasteiger partial charge < -0.3 is 15.2 Å². The van der Waals surface area contributed by atoms with Gasteiger partial charge >= 0.3 is 6.18 Å². The summed E-state index contributed by atoms with van der Waals surface area (Å²) in [7, 11) is 0. The molecule has 7 nitrogen and oxygen atoms in total. The molecule has 1 aliphatic rings. The van der Waals surface area contributed by atoms with E-state index >= 15 is 0 Å². The molecule has 0 bridgehead atoms. The highest BCUT2D eigenvalue weighted by molar-refractivity contribution is 5.89. The predicted octanol–water partition coefficient (Wildman–Crippen LogP) is 3.03. The maximum atomic E-state index is 13.1. The Morgan fingerprint density at radius 1 is 1.25 bits per heavy atom. The Bertz CT molecular complexity index is 1200. The van der Waals surface area contributed by atoms with Crippen LogP contribution < -0.4 is 16.2 Å². The second-order valence-corrected chi connectivity index (χ2v) is 7.72. The predicted molar refractivity (Wildman–Crippen MR) is 117 cm³/mol. The molecule has 4 rings (SSSR count). The number of hydrogen-bond acceptors (Lipinski definition) is 5. The fourth-order valence-corrected chi connectivity index (χ4v) is 4.11. The number of alkyl halides is 3. The first-order chi connectivity index (χ1) is 14.8. The average Bonchev–Trinajstić information content (AvgIpc) is 3.04. The molecule has 1 atom stereocenters. The molecule has 3 heterocycles. The van der Waals surface area contributed by atoms with E-state index in [1.165, 1.54) is 0 Å². The normalized spacial score (nSPS) is 16.6. The zero-order valence-corrected chi connectivity index (χ0v) is 17.9. The van der Waals surface area contributed by atoms with E-state index in [4.69, 9.17) is 5.73 Å². The van der Waals surface area contributed by atoms with Crippen molar-refractivity contribution in [1.29, 1.82) is 5.26 Å². The van der Waals surface area contributed by atoms with Gasteiger partial charge in [-0.1, -0.05) is 30.3 Å². The van der Waals surface area contributed by atoms with Crippen LogP contribution in [0.4, 0.5) is 19.0 Å². The molecule has 11 heteroatoms. The third kappa shape index (κ3) is 4.59. The Kier molecular flexibility index (Phi) is 6.81. The zero-order chi connectivity index (χ0) is 22.2. The summed E-state index contributed by atoms with van der Waals surface area (Å²) in [5.41, 5.74) is 6.42. The van der Waals surface area contributed by atoms with Gasteiger partial charge in [-0.15, -0.1) is 12.4 Å². The summed E-state index contributed by atoms with van der Waals surface area (Å²) >= 11 is 0. The maximum Gasteiger partial charge on any atom is 0.406 e. The lowest BCUT2D eigenvalue weighted by atomic mass is 10.1. The Morgan fingerprint density at radius 2 is 1.97 bits per heavy atom. The lowest BCUT2D eigenvalue weighted by molar-refractivity contribution is -0.141. The number of nitrogens with zero attached hydrogens (tertiary/aromatic N) is 5. The molecule has 2 aromatic heterocycles. The largest absolute Gasteiger partial charge is 0.406 e. The quantitative estimate of drug-likeness (QED) is 0.638. The molecule has 1 saturated heterocycles. The number of anilines is 1. The smallest absolute Gasteiger partial charge is 0.355 e. The Labute approximate surface area is 188 Å². The van der Waals surface area contributed by atoms with Gasteiger partial charge in [0.2, 0.25) is 0 Å². The molecule has 32 heavy (non-hydrogen) atoms. The van der Waals surface area contributed by atoms with Gasteiger partial charge in [-0.25, -0.2) is 4.98 Å². The summed E-state index contributed by atoms with van der Waals surface area (Å²) in [4.78, 5) is 19.1. The summed E-state index contributed by atoms with van der Waals surface area (Å²) in [6.07, 6.45) is -2.06. The number of nitrogens with two attached hydrogens (primary N) is 1. The summed E-state index contributed by atoms with van der Waals surface area (Å²) < 4.78 is 41.1. The first-order valence-corrected chi connectivity index (χ1v) is 9.91. The number of halogens is 4. The molecule has 2 N–H and O–H groups in total. The lowest BCUT2D eigenvalue weighted by Crippen LogP contribution is -2.44. The van der Waals surface area contributed by atoms with Crippen molar-refractivity contribution < 1.29 is 13.2 Å². The van der Waals surface area contributed by atoms with E-state index in [1.807, 2.05) is 35.2 Å². The van der Waals surface area contributed by atoms with Crippen LogP contribution in [0.25, 0.3) is 11.0 Å². The number of nitriles is 1. The van der Waals surface area contributed by atoms with Crippen molar-refractivity contribution in [2.45, 2.75) is 38.1 Å². The number of benzene rings is 1. The summed E-state index contributed by atoms with van der Waals surface area (Å²) in [6.45, 7) is -0.120. The van der Waals surface area contributed by atoms with Crippen LogP contribution in [0.5, 0.6) is 0 Å². The number of piperidine rings is 1. The monoisotopic (exact) mass is 466 g/mol. The van der Waals surface area contributed by atoms with Gasteiger partial charge in [0.15, 0.2) is 0 Å². The van der Waals surface area contributed by atoms with E-state index in [-0.39, 0.29) is 41.6 Å². The van der Waals surface area contributed by atoms with Crippen LogP contribution in [0.1, 0.15) is 24.0 Å². The van der Waals surface area contributed by atoms with Gasteiger partial charge in [0.1, 0.15) is 35.0 Å². The number of hydrogen-bond donors (Lipinski definition) is 1. The first-order valence-electron chi connectivity index (χ1n) is 9.91. The van der Waals surface area contributed by atoms with Crippen molar-refractivity contribution in [2.75, 3.05) is 18.0 Å². The molecule has 0 saturated carbocycles. The Hall–Kier alpha value is -3.03. The number of aromatic nitrogens is 3. The number of fused-ring (bicyclic) bond motifs is 1. The Morgan fingerprint density at radius 3 is 2.59 bits per heavy atom. The van der Waals surface area contributed by atoms with Gasteiger partial charge in [0.05, 0.1) is 6.33 Å². The SMILES string of the molecule is Cl.N#Cc1c(N2CCC[C@H](N)C2)n(Cc2ccccc2)c2c(=O)n(CC(F)(F)F)cnc12. The van der Waals surface area contributed by atoms with Crippen LogP contribution in [0.2, 0.25) is 0 Å². The minimum absolute atomic E-state index is 0. The van der Waals surface area contributed by atoms with Crippen molar-refractivity contribution in [3.8, 4) is 6.07 Å². The average molecular weight is 467 g/mol. The van der Waals surface area contributed by atoms with E-state index in [0.29, 0.717) is 23.5 Å². The van der Waals surface area contributed by atoms with Gasteiger partial charge in [0.25, 0.3) is 5.56 Å². The summed E-state index contributed by atoms with van der Waals surface area (Å²) in [6, 6.07) is 11.2. The molecule has 0 amide bonds. The van der Waals surface area contributed by atoms with Gasteiger partial charge in [-0.2, -0.15) is 18.4 Å². The third-order valence-electron chi connectivity index (χ3n) is 5.40. The van der Waals surface area contributed by atoms with Crippen LogP contribution in [0.3, 0.4) is 0 Å². The van der Waals surface area contributed by atoms with E-state index in [0.717, 1.165) is 24.7 Å². The van der Waals surface area contributed by atoms with Crippen LogP contribution in [-0.2, 0) is 13.1 Å². The van der Waals surface area contributed by atoms with E-state index in [2.05, 4.69) is 11.1 Å². The second kappa shape index (κ2) is 9.22. The molecule has 3 aromatic rings. The fourth-order valence-electron chi connectivity index (χ4n) is 4.11. The van der Waals surface area contributed by atoms with Crippen molar-refractivity contribution in [3.63, 3.8) is 0 Å². The second-order valence-electron chi connectivity index (χ2n) is 7.72. The van der Waals surface area contributed by atoms with Crippen LogP contribution >= 0.6 is 12.4 Å². The summed E-state index contributed by atoms with van der Waals surface area (Å²) in [5, 5.41) is 9.89. The molecule has 170 valence electrons. The van der Waals surface area contributed by atoms with Crippen molar-refractivity contribution >= 4 is 29.3 Å². The Balaban J connectivity index is 0.00000289. The highest BCUT2D eigenvalue weighted by Gasteiger charge is 2.32. The van der Waals surface area contributed by atoms with Gasteiger partial charge in [-0.05, 0) is 18.4 Å². The van der Waals surface area contributed by atoms with Crippen LogP contribution in [0.15, 0.2) is 41.5 Å². The van der Waals surface area contributed by atoms with Gasteiger partial charge in [0, 0.05) is 25.7 Å². The van der Waals surface area contributed by atoms with E-state index < -0.39 is 18.3 Å². The first kappa shape index (κ1) is 23.6. The topological polar surface area (TPSA) is 92.9 Å². The van der Waals surface area contributed by atoms with Crippen molar-refractivity contribution in [1.82, 2.24) is 14.1 Å². The highest BCUT2D eigenvalue weighted by Crippen LogP contribution is 2.32. The molecular formula is C21H22ClF3N6O. The minimum atomic E-state index is -4.57. The molecule has 0 spiro atoms. The third-order valence-corrected chi connectivity index (χ3v) is 5.40. The van der Waals surface area contributed by atoms with E-state index in [9.17, 15) is 23.2 Å². The standard InChI is InChI=1S/C21H21F3N6O.ClH/c22-21(23,24)12-29-13-27-17-16(9-25)19(28-8-4-7-15(26)11-28)30(18(17)20(29)31)10-14-5-2-1-3-6-14;/h1-3,5-6,13,15H,4,7-8,10-12,26H2;1H/t15-;/m0./s1. The minimum Gasteiger partial charge on any atom is -0.355 e. The lowest BCUT2D eigenvalue weighted by Gasteiger charge is -2.33. The molecular weight excluding hydrogens is 445 g/mol. The zero-order valence-electron chi connectivity index (χ0n) is 17.0. The van der Waals surface area contributed by atoms with E-state index in [1.54, 1.807) is 4.57 Å². The summed E-state index contributed by atoms with van der Waals surface area (Å²) in [5.74, 6) is 0.478. The number of rotatable bonds is 4.